The molecule has 2 amide bonds. The van der Waals surface area contributed by atoms with Crippen molar-refractivity contribution in [1.82, 2.24) is 25.5 Å². The van der Waals surface area contributed by atoms with Crippen molar-refractivity contribution < 1.29 is 18.4 Å². The van der Waals surface area contributed by atoms with E-state index in [1.807, 2.05) is 0 Å². The molecule has 0 radical (unpaired) electrons. The molecule has 2 aromatic carbocycles. The van der Waals surface area contributed by atoms with Crippen LogP contribution in [0.3, 0.4) is 0 Å². The molecule has 1 atom stereocenters. The van der Waals surface area contributed by atoms with Crippen molar-refractivity contribution in [3.8, 4) is 5.69 Å². The largest absolute Gasteiger partial charge is 0.340 e. The zero-order chi connectivity index (χ0) is 21.8. The van der Waals surface area contributed by atoms with Crippen molar-refractivity contribution in [2.24, 2.45) is 5.92 Å². The summed E-state index contributed by atoms with van der Waals surface area (Å²) in [7, 11) is 0. The zero-order valence-electron chi connectivity index (χ0n) is 16.6. The Balaban J connectivity index is 1.78. The predicted molar refractivity (Wildman–Crippen MR) is 105 cm³/mol. The fraction of sp³-hybridized carbons (Fsp3) is 0.250. The van der Waals surface area contributed by atoms with Crippen LogP contribution in [0.5, 0.6) is 0 Å². The Hall–Kier alpha value is -3.69. The van der Waals surface area contributed by atoms with Crippen molar-refractivity contribution in [3.05, 3.63) is 65.5 Å². The molecule has 0 saturated heterocycles. The minimum Gasteiger partial charge on any atom is -0.340 e. The first-order chi connectivity index (χ1) is 14.3. The summed E-state index contributed by atoms with van der Waals surface area (Å²) in [6, 6.07) is 8.12. The van der Waals surface area contributed by atoms with Gasteiger partial charge in [0.05, 0.1) is 0 Å². The van der Waals surface area contributed by atoms with E-state index in [4.69, 9.17) is 0 Å². The minimum absolute atomic E-state index is 0.0757. The highest BCUT2D eigenvalue weighted by atomic mass is 19.1. The van der Waals surface area contributed by atoms with Crippen LogP contribution in [0.2, 0.25) is 0 Å². The first-order valence-corrected chi connectivity index (χ1v) is 9.18. The molecule has 0 aliphatic rings. The van der Waals surface area contributed by atoms with Crippen LogP contribution in [0.25, 0.3) is 5.69 Å². The molecule has 1 unspecified atom stereocenters. The van der Waals surface area contributed by atoms with Crippen LogP contribution in [-0.2, 0) is 4.79 Å². The predicted octanol–water partition coefficient (Wildman–Crippen LogP) is 2.64. The number of rotatable bonds is 6. The van der Waals surface area contributed by atoms with Gasteiger partial charge in [0.25, 0.3) is 5.91 Å². The summed E-state index contributed by atoms with van der Waals surface area (Å²) >= 11 is 0. The Morgan fingerprint density at radius 2 is 1.77 bits per heavy atom. The normalized spacial score (nSPS) is 11.9. The van der Waals surface area contributed by atoms with E-state index in [-0.39, 0.29) is 17.2 Å². The lowest BCUT2D eigenvalue weighted by atomic mass is 10.0. The number of benzene rings is 2. The van der Waals surface area contributed by atoms with E-state index < -0.39 is 29.5 Å². The number of hydrogen-bond donors (Lipinski definition) is 2. The minimum atomic E-state index is -0.870. The van der Waals surface area contributed by atoms with Crippen molar-refractivity contribution in [1.29, 1.82) is 0 Å². The van der Waals surface area contributed by atoms with Gasteiger partial charge < -0.3 is 10.6 Å². The van der Waals surface area contributed by atoms with Gasteiger partial charge >= 0.3 is 0 Å². The molecule has 30 heavy (non-hydrogen) atoms. The third kappa shape index (κ3) is 4.65. The standard InChI is InChI=1S/C20H20F2N6O2/c1-11(2)18(24-19(29)13-4-6-14(21)7-5-13)20(30)23-15-8-9-16(22)17(10-15)28-12(3)25-26-27-28/h4-11,18H,1-3H3,(H,23,30)(H,24,29). The number of nitrogens with zero attached hydrogens (tertiary/aromatic N) is 4. The lowest BCUT2D eigenvalue weighted by Crippen LogP contribution is -2.47. The number of aryl methyl sites for hydroxylation is 1. The highest BCUT2D eigenvalue weighted by Gasteiger charge is 2.25. The van der Waals surface area contributed by atoms with Gasteiger partial charge in [0.15, 0.2) is 5.82 Å². The monoisotopic (exact) mass is 414 g/mol. The summed E-state index contributed by atoms with van der Waals surface area (Å²) < 4.78 is 28.5. The third-order valence-electron chi connectivity index (χ3n) is 4.41. The topological polar surface area (TPSA) is 102 Å². The van der Waals surface area contributed by atoms with E-state index in [0.29, 0.717) is 11.5 Å². The summed E-state index contributed by atoms with van der Waals surface area (Å²) in [6.45, 7) is 5.16. The van der Waals surface area contributed by atoms with Crippen LogP contribution in [0.4, 0.5) is 14.5 Å². The Kier molecular flexibility index (Phi) is 6.14. The highest BCUT2D eigenvalue weighted by molar-refractivity contribution is 6.01. The second kappa shape index (κ2) is 8.76. The third-order valence-corrected chi connectivity index (χ3v) is 4.41. The lowest BCUT2D eigenvalue weighted by molar-refractivity contribution is -0.118. The second-order valence-electron chi connectivity index (χ2n) is 7.00. The fourth-order valence-corrected chi connectivity index (χ4v) is 2.79. The molecule has 0 saturated carbocycles. The van der Waals surface area contributed by atoms with Gasteiger partial charge in [-0.25, -0.2) is 8.78 Å². The molecule has 3 rings (SSSR count). The van der Waals surface area contributed by atoms with Crippen molar-refractivity contribution >= 4 is 17.5 Å². The van der Waals surface area contributed by atoms with Crippen LogP contribution < -0.4 is 10.6 Å². The Morgan fingerprint density at radius 1 is 1.07 bits per heavy atom. The number of amides is 2. The van der Waals surface area contributed by atoms with E-state index in [2.05, 4.69) is 26.2 Å². The molecule has 0 bridgehead atoms. The molecule has 156 valence electrons. The summed E-state index contributed by atoms with van der Waals surface area (Å²) in [5.74, 6) is -1.87. The number of anilines is 1. The molecule has 3 aromatic rings. The van der Waals surface area contributed by atoms with Gasteiger partial charge in [-0.3, -0.25) is 9.59 Å². The zero-order valence-corrected chi connectivity index (χ0v) is 16.6. The van der Waals surface area contributed by atoms with E-state index in [0.717, 1.165) is 0 Å². The Morgan fingerprint density at radius 3 is 2.37 bits per heavy atom. The van der Waals surface area contributed by atoms with E-state index in [9.17, 15) is 18.4 Å². The van der Waals surface area contributed by atoms with E-state index in [1.165, 1.54) is 47.1 Å². The van der Waals surface area contributed by atoms with Crippen LogP contribution in [0, 0.1) is 24.5 Å². The molecular weight excluding hydrogens is 394 g/mol. The first-order valence-electron chi connectivity index (χ1n) is 9.18. The van der Waals surface area contributed by atoms with Crippen LogP contribution >= 0.6 is 0 Å². The van der Waals surface area contributed by atoms with Crippen molar-refractivity contribution in [2.75, 3.05) is 5.32 Å². The number of tetrazole rings is 1. The van der Waals surface area contributed by atoms with Gasteiger partial charge in [-0.2, -0.15) is 4.68 Å². The first kappa shape index (κ1) is 21.0. The molecule has 0 aliphatic carbocycles. The summed E-state index contributed by atoms with van der Waals surface area (Å²) in [6.07, 6.45) is 0. The second-order valence-corrected chi connectivity index (χ2v) is 7.00. The molecule has 0 fully saturated rings. The van der Waals surface area contributed by atoms with Gasteiger partial charge in [0.2, 0.25) is 5.91 Å². The molecule has 0 spiro atoms. The van der Waals surface area contributed by atoms with Crippen LogP contribution in [0.15, 0.2) is 42.5 Å². The van der Waals surface area contributed by atoms with Gasteiger partial charge in [0, 0.05) is 11.3 Å². The molecule has 10 heteroatoms. The molecule has 1 aromatic heterocycles. The summed E-state index contributed by atoms with van der Waals surface area (Å²) in [5, 5.41) is 16.3. The quantitative estimate of drug-likeness (QED) is 0.646. The summed E-state index contributed by atoms with van der Waals surface area (Å²) in [4.78, 5) is 25.2. The number of carbonyl (C=O) groups excluding carboxylic acids is 2. The maximum absolute atomic E-state index is 14.2. The highest BCUT2D eigenvalue weighted by Crippen LogP contribution is 2.19. The number of carbonyl (C=O) groups is 2. The lowest BCUT2D eigenvalue weighted by Gasteiger charge is -2.22. The smallest absolute Gasteiger partial charge is 0.251 e. The number of hydrogen-bond acceptors (Lipinski definition) is 5. The number of nitrogens with one attached hydrogen (secondary N) is 2. The van der Waals surface area contributed by atoms with Gasteiger partial charge in [-0.05, 0) is 65.7 Å². The maximum atomic E-state index is 14.2. The average molecular weight is 414 g/mol. The van der Waals surface area contributed by atoms with Gasteiger partial charge in [-0.15, -0.1) is 5.10 Å². The van der Waals surface area contributed by atoms with E-state index in [1.54, 1.807) is 20.8 Å². The molecule has 2 N–H and O–H groups in total. The Bertz CT molecular complexity index is 1070. The molecule has 8 nitrogen and oxygen atoms in total. The van der Waals surface area contributed by atoms with Gasteiger partial charge in [0.1, 0.15) is 23.4 Å². The number of aromatic nitrogens is 4. The summed E-state index contributed by atoms with van der Waals surface area (Å²) in [5.41, 5.74) is 0.618. The average Bonchev–Trinajstić information content (AvgIpc) is 3.13. The van der Waals surface area contributed by atoms with Crippen molar-refractivity contribution in [3.63, 3.8) is 0 Å². The molecule has 0 aliphatic heterocycles. The number of halogens is 2. The Labute approximate surface area is 171 Å². The van der Waals surface area contributed by atoms with Crippen molar-refractivity contribution in [2.45, 2.75) is 26.8 Å². The van der Waals surface area contributed by atoms with Crippen LogP contribution in [0.1, 0.15) is 30.0 Å². The SMILES string of the molecule is Cc1nnnn1-c1cc(NC(=O)C(NC(=O)c2ccc(F)cc2)C(C)C)ccc1F. The maximum Gasteiger partial charge on any atom is 0.251 e. The molecule has 1 heterocycles. The fourth-order valence-electron chi connectivity index (χ4n) is 2.79. The van der Waals surface area contributed by atoms with Crippen LogP contribution in [-0.4, -0.2) is 38.1 Å². The van der Waals surface area contributed by atoms with E-state index >= 15 is 0 Å². The molecular formula is C20H20F2N6O2. The van der Waals surface area contributed by atoms with Gasteiger partial charge in [-0.1, -0.05) is 13.8 Å².